The number of ether oxygens (including phenoxy) is 2. The van der Waals surface area contributed by atoms with Crippen LogP contribution >= 0.6 is 11.6 Å². The van der Waals surface area contributed by atoms with Gasteiger partial charge in [-0.25, -0.2) is 4.98 Å². The third kappa shape index (κ3) is 4.04. The van der Waals surface area contributed by atoms with Gasteiger partial charge in [0.25, 0.3) is 5.91 Å². The van der Waals surface area contributed by atoms with Crippen LogP contribution in [0.25, 0.3) is 0 Å². The van der Waals surface area contributed by atoms with Crippen molar-refractivity contribution in [1.82, 2.24) is 9.88 Å². The Morgan fingerprint density at radius 3 is 2.92 bits per heavy atom. The van der Waals surface area contributed by atoms with Gasteiger partial charge in [-0.3, -0.25) is 4.79 Å². The largest absolute Gasteiger partial charge is 0.491 e. The number of amides is 1. The van der Waals surface area contributed by atoms with Gasteiger partial charge < -0.3 is 14.4 Å². The highest BCUT2D eigenvalue weighted by atomic mass is 35.5. The number of hydrogen-bond donors (Lipinski definition) is 0. The van der Waals surface area contributed by atoms with Crippen molar-refractivity contribution < 1.29 is 14.3 Å². The Balaban J connectivity index is 1.59. The molecule has 1 atom stereocenters. The maximum absolute atomic E-state index is 12.6. The van der Waals surface area contributed by atoms with E-state index in [2.05, 4.69) is 4.98 Å². The fraction of sp³-hybridized carbons (Fsp3) is 0.333. The Hall–Kier alpha value is -2.11. The monoisotopic (exact) mass is 346 g/mol. The Morgan fingerprint density at radius 1 is 1.38 bits per heavy atom. The van der Waals surface area contributed by atoms with Crippen molar-refractivity contribution in [2.75, 3.05) is 26.3 Å². The first kappa shape index (κ1) is 16.7. The summed E-state index contributed by atoms with van der Waals surface area (Å²) in [5, 5.41) is 0.224. The highest BCUT2D eigenvalue weighted by molar-refractivity contribution is 6.32. The van der Waals surface area contributed by atoms with Gasteiger partial charge in [-0.2, -0.15) is 0 Å². The minimum atomic E-state index is -0.167. The molecule has 1 amide bonds. The lowest BCUT2D eigenvalue weighted by Crippen LogP contribution is -2.47. The van der Waals surface area contributed by atoms with Crippen molar-refractivity contribution >= 4 is 17.5 Å². The summed E-state index contributed by atoms with van der Waals surface area (Å²) in [6.07, 6.45) is 1.40. The van der Waals surface area contributed by atoms with Crippen molar-refractivity contribution in [2.24, 2.45) is 0 Å². The molecule has 0 bridgehead atoms. The molecule has 1 aromatic carbocycles. The molecular formula is C18H19ClN2O3. The number of carbonyl (C=O) groups is 1. The highest BCUT2D eigenvalue weighted by Gasteiger charge is 2.26. The zero-order valence-corrected chi connectivity index (χ0v) is 14.2. The second-order valence-electron chi connectivity index (χ2n) is 5.71. The van der Waals surface area contributed by atoms with Gasteiger partial charge in [-0.1, -0.05) is 29.3 Å². The second kappa shape index (κ2) is 7.64. The van der Waals surface area contributed by atoms with Crippen LogP contribution in [0.2, 0.25) is 5.15 Å². The zero-order chi connectivity index (χ0) is 16.9. The predicted octanol–water partition coefficient (Wildman–Crippen LogP) is 2.96. The standard InChI is InChI=1S/C18H19ClN2O3/c1-13-4-6-14(7-5-13)24-12-15-11-21(9-10-23-15)18(22)16-3-2-8-20-17(16)19/h2-8,15H,9-12H2,1H3/t15-/m1/s1. The summed E-state index contributed by atoms with van der Waals surface area (Å²) < 4.78 is 11.5. The molecule has 1 aliphatic rings. The average molecular weight is 347 g/mol. The molecule has 126 valence electrons. The molecular weight excluding hydrogens is 328 g/mol. The maximum atomic E-state index is 12.6. The van der Waals surface area contributed by atoms with Crippen LogP contribution in [-0.2, 0) is 4.74 Å². The number of rotatable bonds is 4. The summed E-state index contributed by atoms with van der Waals surface area (Å²) in [6.45, 7) is 3.90. The predicted molar refractivity (Wildman–Crippen MR) is 91.6 cm³/mol. The number of hydrogen-bond acceptors (Lipinski definition) is 4. The molecule has 2 aromatic rings. The summed E-state index contributed by atoms with van der Waals surface area (Å²) in [6, 6.07) is 11.2. The van der Waals surface area contributed by atoms with E-state index in [1.165, 1.54) is 5.56 Å². The van der Waals surface area contributed by atoms with Gasteiger partial charge in [0.05, 0.1) is 18.7 Å². The van der Waals surface area contributed by atoms with Gasteiger partial charge in [-0.15, -0.1) is 0 Å². The lowest BCUT2D eigenvalue weighted by atomic mass is 10.2. The van der Waals surface area contributed by atoms with Gasteiger partial charge in [0.1, 0.15) is 23.6 Å². The molecule has 1 saturated heterocycles. The number of aromatic nitrogens is 1. The first-order chi connectivity index (χ1) is 11.6. The van der Waals surface area contributed by atoms with Crippen LogP contribution < -0.4 is 4.74 Å². The van der Waals surface area contributed by atoms with Crippen LogP contribution in [0.1, 0.15) is 15.9 Å². The van der Waals surface area contributed by atoms with Gasteiger partial charge in [0, 0.05) is 12.7 Å². The minimum Gasteiger partial charge on any atom is -0.491 e. The topological polar surface area (TPSA) is 51.7 Å². The van der Waals surface area contributed by atoms with Crippen LogP contribution in [0.15, 0.2) is 42.6 Å². The van der Waals surface area contributed by atoms with Gasteiger partial charge in [0.15, 0.2) is 0 Å². The summed E-state index contributed by atoms with van der Waals surface area (Å²) in [5.74, 6) is 0.666. The fourth-order valence-electron chi connectivity index (χ4n) is 2.54. The molecule has 1 aromatic heterocycles. The van der Waals surface area contributed by atoms with Gasteiger partial charge in [-0.05, 0) is 31.2 Å². The molecule has 0 N–H and O–H groups in total. The van der Waals surface area contributed by atoms with Crippen LogP contribution in [0, 0.1) is 6.92 Å². The van der Waals surface area contributed by atoms with E-state index in [1.54, 1.807) is 23.2 Å². The normalized spacial score (nSPS) is 17.6. The van der Waals surface area contributed by atoms with Gasteiger partial charge >= 0.3 is 0 Å². The molecule has 0 unspecified atom stereocenters. The van der Waals surface area contributed by atoms with Crippen LogP contribution in [-0.4, -0.2) is 48.2 Å². The molecule has 0 saturated carbocycles. The smallest absolute Gasteiger partial charge is 0.257 e. The van der Waals surface area contributed by atoms with Crippen LogP contribution in [0.4, 0.5) is 0 Å². The molecule has 1 fully saturated rings. The molecule has 2 heterocycles. The number of pyridine rings is 1. The van der Waals surface area contributed by atoms with Crippen molar-refractivity contribution in [1.29, 1.82) is 0 Å². The Kier molecular flexibility index (Phi) is 5.33. The molecule has 0 radical (unpaired) electrons. The van der Waals surface area contributed by atoms with Crippen LogP contribution in [0.3, 0.4) is 0 Å². The van der Waals surface area contributed by atoms with Crippen molar-refractivity contribution in [3.8, 4) is 5.75 Å². The number of halogens is 1. The van der Waals surface area contributed by atoms with E-state index in [9.17, 15) is 4.79 Å². The highest BCUT2D eigenvalue weighted by Crippen LogP contribution is 2.17. The van der Waals surface area contributed by atoms with E-state index in [1.807, 2.05) is 31.2 Å². The number of nitrogens with zero attached hydrogens (tertiary/aromatic N) is 2. The third-order valence-electron chi connectivity index (χ3n) is 3.87. The van der Waals surface area contributed by atoms with Gasteiger partial charge in [0.2, 0.25) is 0 Å². The molecule has 3 rings (SSSR count). The average Bonchev–Trinajstić information content (AvgIpc) is 2.61. The lowest BCUT2D eigenvalue weighted by molar-refractivity contribution is -0.0401. The van der Waals surface area contributed by atoms with E-state index in [4.69, 9.17) is 21.1 Å². The SMILES string of the molecule is Cc1ccc(OC[C@H]2CN(C(=O)c3cccnc3Cl)CCO2)cc1. The summed E-state index contributed by atoms with van der Waals surface area (Å²) >= 11 is 6.01. The maximum Gasteiger partial charge on any atom is 0.257 e. The fourth-order valence-corrected chi connectivity index (χ4v) is 2.74. The van der Waals surface area contributed by atoms with Crippen molar-refractivity contribution in [3.63, 3.8) is 0 Å². The summed E-state index contributed by atoms with van der Waals surface area (Å²) in [4.78, 5) is 18.3. The summed E-state index contributed by atoms with van der Waals surface area (Å²) in [7, 11) is 0. The molecule has 0 spiro atoms. The third-order valence-corrected chi connectivity index (χ3v) is 4.17. The van der Waals surface area contributed by atoms with Crippen LogP contribution in [0.5, 0.6) is 5.75 Å². The van der Waals surface area contributed by atoms with Crippen molar-refractivity contribution in [2.45, 2.75) is 13.0 Å². The van der Waals surface area contributed by atoms with E-state index >= 15 is 0 Å². The van der Waals surface area contributed by atoms with E-state index < -0.39 is 0 Å². The molecule has 5 nitrogen and oxygen atoms in total. The van der Waals surface area contributed by atoms with Crippen molar-refractivity contribution in [3.05, 3.63) is 58.9 Å². The minimum absolute atomic E-state index is 0.128. The molecule has 24 heavy (non-hydrogen) atoms. The molecule has 1 aliphatic heterocycles. The number of morpholine rings is 1. The molecule has 6 heteroatoms. The first-order valence-electron chi connectivity index (χ1n) is 7.84. The summed E-state index contributed by atoms with van der Waals surface area (Å²) in [5.41, 5.74) is 1.60. The Bertz CT molecular complexity index is 706. The lowest BCUT2D eigenvalue weighted by Gasteiger charge is -2.33. The Morgan fingerprint density at radius 2 is 2.17 bits per heavy atom. The van der Waals surface area contributed by atoms with E-state index in [0.717, 1.165) is 5.75 Å². The van der Waals surface area contributed by atoms with E-state index in [0.29, 0.717) is 31.9 Å². The first-order valence-corrected chi connectivity index (χ1v) is 8.22. The second-order valence-corrected chi connectivity index (χ2v) is 6.07. The number of benzene rings is 1. The molecule has 0 aliphatic carbocycles. The zero-order valence-electron chi connectivity index (χ0n) is 13.4. The quantitative estimate of drug-likeness (QED) is 0.799. The number of carbonyl (C=O) groups excluding carboxylic acids is 1. The Labute approximate surface area is 146 Å². The number of aryl methyl sites for hydroxylation is 1. The van der Waals surface area contributed by atoms with E-state index in [-0.39, 0.29) is 17.2 Å².